The molecule has 0 spiro atoms. The van der Waals surface area contributed by atoms with Crippen LogP contribution in [0.4, 0.5) is 0 Å². The highest BCUT2D eigenvalue weighted by atomic mass is 16.3. The van der Waals surface area contributed by atoms with Crippen LogP contribution < -0.4 is 0 Å². The maximum atomic E-state index is 6.62. The summed E-state index contributed by atoms with van der Waals surface area (Å²) in [6.07, 6.45) is 0. The van der Waals surface area contributed by atoms with E-state index in [1.165, 1.54) is 59.9 Å². The van der Waals surface area contributed by atoms with Crippen LogP contribution in [0.15, 0.2) is 168 Å². The van der Waals surface area contributed by atoms with Gasteiger partial charge in [0, 0.05) is 49.0 Å². The van der Waals surface area contributed by atoms with Gasteiger partial charge in [0.2, 0.25) is 11.7 Å². The van der Waals surface area contributed by atoms with E-state index in [-0.39, 0.29) is 0 Å². The molecule has 6 aromatic heterocycles. The summed E-state index contributed by atoms with van der Waals surface area (Å²) in [5.74, 6) is 0.577. The molecule has 6 heterocycles. The Bertz CT molecular complexity index is 3930. The lowest BCUT2D eigenvalue weighted by Gasteiger charge is -2.12. The second kappa shape index (κ2) is 10.1. The van der Waals surface area contributed by atoms with Gasteiger partial charge in [-0.1, -0.05) is 109 Å². The molecule has 0 bridgehead atoms. The Morgan fingerprint density at radius 1 is 0.393 bits per heavy atom. The zero-order valence-corrected chi connectivity index (χ0v) is 29.7. The fraction of sp³-hybridized carbons (Fsp3) is 0. The molecule has 0 fully saturated rings. The van der Waals surface area contributed by atoms with E-state index in [0.717, 1.165) is 55.1 Å². The lowest BCUT2D eigenvalue weighted by atomic mass is 9.99. The molecule has 14 aromatic rings. The quantitative estimate of drug-likeness (QED) is 0.183. The smallest absolute Gasteiger partial charge is 0.238 e. The van der Waals surface area contributed by atoms with E-state index in [0.29, 0.717) is 11.7 Å². The van der Waals surface area contributed by atoms with Crippen molar-refractivity contribution < 1.29 is 4.42 Å². The second-order valence-electron chi connectivity index (χ2n) is 14.9. The molecular formula is C50H27N5O. The van der Waals surface area contributed by atoms with Crippen LogP contribution in [-0.4, -0.2) is 23.5 Å². The molecule has 0 unspecified atom stereocenters. The van der Waals surface area contributed by atoms with Gasteiger partial charge in [0.05, 0.1) is 49.7 Å². The van der Waals surface area contributed by atoms with Gasteiger partial charge in [0.25, 0.3) is 0 Å². The Morgan fingerprint density at radius 3 is 1.95 bits per heavy atom. The van der Waals surface area contributed by atoms with Gasteiger partial charge >= 0.3 is 0 Å². The van der Waals surface area contributed by atoms with Gasteiger partial charge in [0.1, 0.15) is 5.58 Å². The molecule has 56 heavy (non-hydrogen) atoms. The standard InChI is InChI=1S/C50H27N5O/c1-2-14-29(15-3-1)53-36-21-11-22-37-43(36)44-38(53)26-27-39-45(44)46-40(25-24-33-31-17-6-8-20-35(31)54(37)48(33)46)55(39)50-51-47(32-19-10-13-28-12-4-5-16-30(28)32)42-34-18-7-9-23-41(34)56-49(42)52-50/h1-27H. The molecule has 14 rings (SSSR count). The first-order valence-corrected chi connectivity index (χ1v) is 19.0. The predicted molar refractivity (Wildman–Crippen MR) is 229 cm³/mol. The molecule has 0 radical (unpaired) electrons. The van der Waals surface area contributed by atoms with Crippen LogP contribution in [0.5, 0.6) is 0 Å². The van der Waals surface area contributed by atoms with Crippen LogP contribution in [-0.2, 0) is 0 Å². The zero-order valence-electron chi connectivity index (χ0n) is 29.7. The fourth-order valence-electron chi connectivity index (χ4n) is 10.0. The van der Waals surface area contributed by atoms with Crippen LogP contribution in [0.2, 0.25) is 0 Å². The van der Waals surface area contributed by atoms with E-state index in [4.69, 9.17) is 14.4 Å². The van der Waals surface area contributed by atoms with Crippen molar-refractivity contribution in [1.29, 1.82) is 0 Å². The number of hydrogen-bond acceptors (Lipinski definition) is 3. The Balaban J connectivity index is 1.22. The Morgan fingerprint density at radius 2 is 1.04 bits per heavy atom. The van der Waals surface area contributed by atoms with E-state index in [2.05, 4.69) is 165 Å². The maximum absolute atomic E-state index is 6.62. The highest BCUT2D eigenvalue weighted by molar-refractivity contribution is 6.38. The molecule has 0 aliphatic heterocycles. The van der Waals surface area contributed by atoms with Crippen molar-refractivity contribution in [3.8, 4) is 22.9 Å². The summed E-state index contributed by atoms with van der Waals surface area (Å²) in [6.45, 7) is 0. The Kier molecular flexibility index (Phi) is 5.18. The van der Waals surface area contributed by atoms with Crippen LogP contribution >= 0.6 is 0 Å². The normalized spacial score (nSPS) is 12.6. The minimum Gasteiger partial charge on any atom is -0.437 e. The van der Waals surface area contributed by atoms with Gasteiger partial charge in [-0.25, -0.2) is 4.98 Å². The van der Waals surface area contributed by atoms with Crippen molar-refractivity contribution in [1.82, 2.24) is 23.5 Å². The number of hydrogen-bond donors (Lipinski definition) is 0. The number of para-hydroxylation sites is 3. The first-order chi connectivity index (χ1) is 27.8. The van der Waals surface area contributed by atoms with E-state index in [1.54, 1.807) is 0 Å². The summed E-state index contributed by atoms with van der Waals surface area (Å²) in [6, 6.07) is 58.5. The van der Waals surface area contributed by atoms with Crippen LogP contribution in [0.1, 0.15) is 0 Å². The summed E-state index contributed by atoms with van der Waals surface area (Å²) in [5.41, 5.74) is 12.4. The van der Waals surface area contributed by atoms with Crippen LogP contribution in [0.25, 0.3) is 127 Å². The van der Waals surface area contributed by atoms with E-state index < -0.39 is 0 Å². The summed E-state index contributed by atoms with van der Waals surface area (Å²) >= 11 is 0. The third-order valence-corrected chi connectivity index (χ3v) is 12.2. The molecule has 0 saturated heterocycles. The lowest BCUT2D eigenvalue weighted by Crippen LogP contribution is -2.03. The molecule has 0 amide bonds. The summed E-state index contributed by atoms with van der Waals surface area (Å²) in [5, 5.41) is 11.6. The topological polar surface area (TPSA) is 53.2 Å². The molecule has 258 valence electrons. The summed E-state index contributed by atoms with van der Waals surface area (Å²) < 4.78 is 13.8. The Labute approximate surface area is 317 Å². The van der Waals surface area contributed by atoms with E-state index in [9.17, 15) is 0 Å². The van der Waals surface area contributed by atoms with Crippen LogP contribution in [0, 0.1) is 0 Å². The van der Waals surface area contributed by atoms with Crippen molar-refractivity contribution in [2.75, 3.05) is 0 Å². The second-order valence-corrected chi connectivity index (χ2v) is 14.9. The van der Waals surface area contributed by atoms with Crippen molar-refractivity contribution in [3.63, 3.8) is 0 Å². The van der Waals surface area contributed by atoms with Gasteiger partial charge in [-0.15, -0.1) is 0 Å². The molecule has 0 saturated carbocycles. The maximum Gasteiger partial charge on any atom is 0.238 e. The molecule has 0 aliphatic carbocycles. The third kappa shape index (κ3) is 3.39. The number of fused-ring (bicyclic) bond motifs is 8. The van der Waals surface area contributed by atoms with Gasteiger partial charge in [-0.2, -0.15) is 4.98 Å². The molecular weight excluding hydrogens is 687 g/mol. The molecule has 8 aromatic carbocycles. The number of rotatable bonds is 3. The molecule has 0 aliphatic rings. The number of nitrogens with zero attached hydrogens (tertiary/aromatic N) is 5. The summed E-state index contributed by atoms with van der Waals surface area (Å²) in [7, 11) is 0. The zero-order chi connectivity index (χ0) is 36.2. The first kappa shape index (κ1) is 28.8. The molecule has 6 heteroatoms. The van der Waals surface area contributed by atoms with Crippen molar-refractivity contribution >= 4 is 104 Å². The van der Waals surface area contributed by atoms with Gasteiger partial charge in [-0.05, 0) is 65.4 Å². The van der Waals surface area contributed by atoms with Crippen molar-refractivity contribution in [3.05, 3.63) is 164 Å². The van der Waals surface area contributed by atoms with Crippen LogP contribution in [0.3, 0.4) is 0 Å². The fourth-order valence-corrected chi connectivity index (χ4v) is 10.0. The lowest BCUT2D eigenvalue weighted by molar-refractivity contribution is 0.651. The van der Waals surface area contributed by atoms with Gasteiger partial charge in [-0.3, -0.25) is 4.57 Å². The van der Waals surface area contributed by atoms with Crippen molar-refractivity contribution in [2.45, 2.75) is 0 Å². The predicted octanol–water partition coefficient (Wildman–Crippen LogP) is 12.8. The summed E-state index contributed by atoms with van der Waals surface area (Å²) in [4.78, 5) is 10.9. The van der Waals surface area contributed by atoms with Crippen molar-refractivity contribution in [2.24, 2.45) is 0 Å². The average molecular weight is 714 g/mol. The molecule has 0 atom stereocenters. The number of benzene rings is 8. The Hall–Kier alpha value is -7.70. The largest absolute Gasteiger partial charge is 0.437 e. The number of furan rings is 1. The monoisotopic (exact) mass is 713 g/mol. The minimum atomic E-state index is 0.570. The van der Waals surface area contributed by atoms with E-state index in [1.807, 2.05) is 12.1 Å². The highest BCUT2D eigenvalue weighted by Gasteiger charge is 2.29. The minimum absolute atomic E-state index is 0.570. The van der Waals surface area contributed by atoms with E-state index >= 15 is 0 Å². The molecule has 6 nitrogen and oxygen atoms in total. The SMILES string of the molecule is c1ccc(-n2c3ccc4c5c3c3c2cccc3n2c3ccccc3c3ccc(c5c32)n4-c2nc(-c3cccc4ccccc34)c3c(n2)oc2ccccc23)cc1. The third-order valence-electron chi connectivity index (χ3n) is 12.2. The average Bonchev–Trinajstić information content (AvgIpc) is 3.97. The van der Waals surface area contributed by atoms with Gasteiger partial charge < -0.3 is 13.4 Å². The highest BCUT2D eigenvalue weighted by Crippen LogP contribution is 2.49. The number of aromatic nitrogens is 5. The molecule has 0 N–H and O–H groups in total. The van der Waals surface area contributed by atoms with Gasteiger partial charge in [0.15, 0.2) is 0 Å². The first-order valence-electron chi connectivity index (χ1n) is 19.0.